The Hall–Kier alpha value is -1.44. The van der Waals surface area contributed by atoms with E-state index in [4.69, 9.17) is 0 Å². The van der Waals surface area contributed by atoms with Crippen molar-refractivity contribution in [2.24, 2.45) is 5.92 Å². The standard InChI is InChI=1S/C20H31N3O3S/c1-17-8-10-18(11-9-17)15-21-20(24)19-7-6-14-23(16-19)27(25,26)22-12-4-2-3-5-13-22/h8-11,19H,2-7,12-16H2,1H3,(H,21,24)/t19-/m0/s1. The first-order chi connectivity index (χ1) is 13.0. The first-order valence-corrected chi connectivity index (χ1v) is 11.4. The van der Waals surface area contributed by atoms with Gasteiger partial charge in [-0.15, -0.1) is 0 Å². The van der Waals surface area contributed by atoms with Crippen LogP contribution >= 0.6 is 0 Å². The lowest BCUT2D eigenvalue weighted by molar-refractivity contribution is -0.126. The van der Waals surface area contributed by atoms with Crippen molar-refractivity contribution >= 4 is 16.1 Å². The number of hydrogen-bond donors (Lipinski definition) is 1. The molecule has 1 N–H and O–H groups in total. The maximum absolute atomic E-state index is 13.0. The largest absolute Gasteiger partial charge is 0.352 e. The van der Waals surface area contributed by atoms with Gasteiger partial charge >= 0.3 is 0 Å². The van der Waals surface area contributed by atoms with E-state index in [0.29, 0.717) is 32.7 Å². The zero-order valence-electron chi connectivity index (χ0n) is 16.2. The molecule has 7 heteroatoms. The second-order valence-electron chi connectivity index (χ2n) is 7.72. The van der Waals surface area contributed by atoms with E-state index in [1.54, 1.807) is 4.31 Å². The highest BCUT2D eigenvalue weighted by atomic mass is 32.2. The van der Waals surface area contributed by atoms with Crippen LogP contribution in [0.15, 0.2) is 24.3 Å². The summed E-state index contributed by atoms with van der Waals surface area (Å²) in [6, 6.07) is 8.06. The minimum Gasteiger partial charge on any atom is -0.352 e. The molecule has 0 saturated carbocycles. The van der Waals surface area contributed by atoms with Crippen LogP contribution < -0.4 is 5.32 Å². The summed E-state index contributed by atoms with van der Waals surface area (Å²) in [5.41, 5.74) is 2.24. The van der Waals surface area contributed by atoms with Gasteiger partial charge < -0.3 is 5.32 Å². The van der Waals surface area contributed by atoms with E-state index < -0.39 is 10.2 Å². The summed E-state index contributed by atoms with van der Waals surface area (Å²) < 4.78 is 29.1. The summed E-state index contributed by atoms with van der Waals surface area (Å²) in [5, 5.41) is 2.98. The molecule has 2 saturated heterocycles. The molecule has 2 fully saturated rings. The molecule has 1 aromatic rings. The Bertz CT molecular complexity index is 725. The van der Waals surface area contributed by atoms with Crippen molar-refractivity contribution in [1.82, 2.24) is 13.9 Å². The molecular formula is C20H31N3O3S. The highest BCUT2D eigenvalue weighted by Crippen LogP contribution is 2.23. The Morgan fingerprint density at radius 2 is 1.63 bits per heavy atom. The molecule has 2 heterocycles. The lowest BCUT2D eigenvalue weighted by Crippen LogP contribution is -2.50. The summed E-state index contributed by atoms with van der Waals surface area (Å²) in [4.78, 5) is 12.6. The molecule has 1 aromatic carbocycles. The van der Waals surface area contributed by atoms with Crippen LogP contribution in [0.3, 0.4) is 0 Å². The van der Waals surface area contributed by atoms with Gasteiger partial charge in [0.05, 0.1) is 5.92 Å². The smallest absolute Gasteiger partial charge is 0.281 e. The number of nitrogens with one attached hydrogen (secondary N) is 1. The lowest BCUT2D eigenvalue weighted by Gasteiger charge is -2.34. The predicted molar refractivity (Wildman–Crippen MR) is 106 cm³/mol. The number of rotatable bonds is 5. The summed E-state index contributed by atoms with van der Waals surface area (Å²) >= 11 is 0. The molecule has 1 atom stereocenters. The van der Waals surface area contributed by atoms with E-state index in [2.05, 4.69) is 5.32 Å². The quantitative estimate of drug-likeness (QED) is 0.835. The normalized spacial score (nSPS) is 22.9. The van der Waals surface area contributed by atoms with Crippen molar-refractivity contribution in [3.05, 3.63) is 35.4 Å². The molecule has 0 bridgehead atoms. The average Bonchev–Trinajstić information content (AvgIpc) is 2.97. The van der Waals surface area contributed by atoms with Crippen molar-refractivity contribution in [3.63, 3.8) is 0 Å². The first-order valence-electron chi connectivity index (χ1n) is 10.1. The van der Waals surface area contributed by atoms with Crippen LogP contribution in [0.25, 0.3) is 0 Å². The number of aryl methyl sites for hydroxylation is 1. The van der Waals surface area contributed by atoms with Crippen LogP contribution in [0.1, 0.15) is 49.7 Å². The highest BCUT2D eigenvalue weighted by Gasteiger charge is 2.35. The van der Waals surface area contributed by atoms with E-state index in [1.165, 1.54) is 9.87 Å². The zero-order chi connectivity index (χ0) is 19.3. The van der Waals surface area contributed by atoms with Gasteiger partial charge in [-0.05, 0) is 38.2 Å². The fourth-order valence-corrected chi connectivity index (χ4v) is 5.62. The van der Waals surface area contributed by atoms with Crippen molar-refractivity contribution in [2.45, 2.75) is 52.0 Å². The minimum absolute atomic E-state index is 0.0497. The zero-order valence-corrected chi connectivity index (χ0v) is 17.0. The summed E-state index contributed by atoms with van der Waals surface area (Å²) in [6.45, 7) is 4.52. The average molecular weight is 394 g/mol. The molecule has 3 rings (SSSR count). The van der Waals surface area contributed by atoms with Crippen LogP contribution in [-0.2, 0) is 21.5 Å². The number of nitrogens with zero attached hydrogens (tertiary/aromatic N) is 2. The Balaban J connectivity index is 1.57. The number of amides is 1. The van der Waals surface area contributed by atoms with E-state index in [1.807, 2.05) is 31.2 Å². The van der Waals surface area contributed by atoms with Gasteiger partial charge in [0.25, 0.3) is 10.2 Å². The Morgan fingerprint density at radius 1 is 1.00 bits per heavy atom. The molecule has 0 unspecified atom stereocenters. The molecule has 2 aliphatic rings. The SMILES string of the molecule is Cc1ccc(CNC(=O)[C@H]2CCCN(S(=O)(=O)N3CCCCCC3)C2)cc1. The number of carbonyl (C=O) groups excluding carboxylic acids is 1. The van der Waals surface area contributed by atoms with Gasteiger partial charge in [-0.2, -0.15) is 17.0 Å². The van der Waals surface area contributed by atoms with Crippen molar-refractivity contribution in [1.29, 1.82) is 0 Å². The van der Waals surface area contributed by atoms with Crippen LogP contribution in [0.2, 0.25) is 0 Å². The third-order valence-electron chi connectivity index (χ3n) is 5.56. The molecule has 150 valence electrons. The maximum Gasteiger partial charge on any atom is 0.281 e. The summed E-state index contributed by atoms with van der Waals surface area (Å²) in [5.74, 6) is -0.322. The lowest BCUT2D eigenvalue weighted by atomic mass is 9.98. The minimum atomic E-state index is -3.46. The van der Waals surface area contributed by atoms with Gasteiger partial charge in [0.15, 0.2) is 0 Å². The second kappa shape index (κ2) is 9.17. The number of benzene rings is 1. The number of hydrogen-bond acceptors (Lipinski definition) is 3. The van der Waals surface area contributed by atoms with Gasteiger partial charge in [0.2, 0.25) is 5.91 Å². The van der Waals surface area contributed by atoms with Crippen LogP contribution in [0.5, 0.6) is 0 Å². The van der Waals surface area contributed by atoms with E-state index >= 15 is 0 Å². The Labute approximate surface area is 163 Å². The molecular weight excluding hydrogens is 362 g/mol. The molecule has 2 aliphatic heterocycles. The topological polar surface area (TPSA) is 69.7 Å². The molecule has 0 aliphatic carbocycles. The molecule has 1 amide bonds. The Morgan fingerprint density at radius 3 is 2.30 bits per heavy atom. The molecule has 0 aromatic heterocycles. The first kappa shape index (κ1) is 20.3. The highest BCUT2D eigenvalue weighted by molar-refractivity contribution is 7.86. The number of carbonyl (C=O) groups is 1. The second-order valence-corrected chi connectivity index (χ2v) is 9.65. The van der Waals surface area contributed by atoms with Gasteiger partial charge in [0.1, 0.15) is 0 Å². The monoisotopic (exact) mass is 393 g/mol. The number of piperidine rings is 1. The van der Waals surface area contributed by atoms with Crippen molar-refractivity contribution in [3.8, 4) is 0 Å². The van der Waals surface area contributed by atoms with E-state index in [0.717, 1.165) is 44.1 Å². The fourth-order valence-electron chi connectivity index (χ4n) is 3.84. The van der Waals surface area contributed by atoms with Gasteiger partial charge in [-0.25, -0.2) is 0 Å². The van der Waals surface area contributed by atoms with Gasteiger partial charge in [-0.1, -0.05) is 42.7 Å². The summed E-state index contributed by atoms with van der Waals surface area (Å²) in [6.07, 6.45) is 5.51. The third-order valence-corrected chi connectivity index (χ3v) is 7.56. The van der Waals surface area contributed by atoms with Gasteiger partial charge in [0, 0.05) is 32.7 Å². The van der Waals surface area contributed by atoms with Gasteiger partial charge in [-0.3, -0.25) is 4.79 Å². The predicted octanol–water partition coefficient (Wildman–Crippen LogP) is 2.44. The molecule has 6 nitrogen and oxygen atoms in total. The molecule has 0 radical (unpaired) electrons. The van der Waals surface area contributed by atoms with Crippen LogP contribution in [0.4, 0.5) is 0 Å². The van der Waals surface area contributed by atoms with E-state index in [-0.39, 0.29) is 11.8 Å². The van der Waals surface area contributed by atoms with Crippen LogP contribution in [-0.4, -0.2) is 49.1 Å². The van der Waals surface area contributed by atoms with Crippen molar-refractivity contribution in [2.75, 3.05) is 26.2 Å². The fraction of sp³-hybridized carbons (Fsp3) is 0.650. The molecule has 27 heavy (non-hydrogen) atoms. The van der Waals surface area contributed by atoms with E-state index in [9.17, 15) is 13.2 Å². The van der Waals surface area contributed by atoms with Crippen LogP contribution in [0, 0.1) is 12.8 Å². The maximum atomic E-state index is 13.0. The van der Waals surface area contributed by atoms with Crippen molar-refractivity contribution < 1.29 is 13.2 Å². The molecule has 0 spiro atoms. The third kappa shape index (κ3) is 5.30. The Kier molecular flexibility index (Phi) is 6.89. The summed E-state index contributed by atoms with van der Waals surface area (Å²) in [7, 11) is -3.46.